The number of nitrogens with two attached hydrogens (primary N) is 1. The molecule has 1 aromatic rings. The Labute approximate surface area is 122 Å². The van der Waals surface area contributed by atoms with Gasteiger partial charge in [-0.3, -0.25) is 0 Å². The van der Waals surface area contributed by atoms with E-state index < -0.39 is 10.0 Å². The Hall–Kier alpha value is -1.07. The highest BCUT2D eigenvalue weighted by molar-refractivity contribution is 7.89. The van der Waals surface area contributed by atoms with Gasteiger partial charge in [-0.25, -0.2) is 13.1 Å². The lowest BCUT2D eigenvalue weighted by Gasteiger charge is -2.19. The van der Waals surface area contributed by atoms with Crippen molar-refractivity contribution >= 4 is 15.7 Å². The van der Waals surface area contributed by atoms with Gasteiger partial charge < -0.3 is 5.73 Å². The molecule has 3 N–H and O–H groups in total. The van der Waals surface area contributed by atoms with Gasteiger partial charge in [-0.05, 0) is 50.3 Å². The first-order chi connectivity index (χ1) is 9.19. The zero-order valence-electron chi connectivity index (χ0n) is 13.0. The van der Waals surface area contributed by atoms with E-state index in [1.807, 2.05) is 19.9 Å². The van der Waals surface area contributed by atoms with Gasteiger partial charge in [0.2, 0.25) is 10.0 Å². The summed E-state index contributed by atoms with van der Waals surface area (Å²) in [5.41, 5.74) is 7.80. The van der Waals surface area contributed by atoms with Crippen molar-refractivity contribution in [2.75, 3.05) is 5.73 Å². The number of rotatable bonds is 6. The smallest absolute Gasteiger partial charge is 0.243 e. The molecule has 2 unspecified atom stereocenters. The van der Waals surface area contributed by atoms with Gasteiger partial charge in [0, 0.05) is 6.04 Å². The quantitative estimate of drug-likeness (QED) is 0.793. The molecule has 0 saturated heterocycles. The Balaban J connectivity index is 3.04. The monoisotopic (exact) mass is 298 g/mol. The van der Waals surface area contributed by atoms with E-state index in [0.717, 1.165) is 18.4 Å². The van der Waals surface area contributed by atoms with Crippen molar-refractivity contribution in [2.24, 2.45) is 5.92 Å². The molecule has 114 valence electrons. The van der Waals surface area contributed by atoms with Crippen LogP contribution in [0, 0.1) is 19.8 Å². The summed E-state index contributed by atoms with van der Waals surface area (Å²) in [5.74, 6) is 0.489. The van der Waals surface area contributed by atoms with E-state index >= 15 is 0 Å². The number of nitrogen functional groups attached to an aromatic ring is 1. The molecule has 4 nitrogen and oxygen atoms in total. The normalized spacial score (nSPS) is 15.1. The molecule has 1 rings (SSSR count). The fourth-order valence-electron chi connectivity index (χ4n) is 2.31. The Morgan fingerprint density at radius 1 is 1.25 bits per heavy atom. The lowest BCUT2D eigenvalue weighted by atomic mass is 10.0. The largest absolute Gasteiger partial charge is 0.398 e. The number of aryl methyl sites for hydroxylation is 1. The summed E-state index contributed by atoms with van der Waals surface area (Å²) in [6, 6.07) is 3.39. The van der Waals surface area contributed by atoms with Crippen molar-refractivity contribution in [3.05, 3.63) is 23.3 Å². The van der Waals surface area contributed by atoms with E-state index in [0.29, 0.717) is 17.2 Å². The number of nitrogens with one attached hydrogen (secondary N) is 1. The highest BCUT2D eigenvalue weighted by atomic mass is 32.2. The van der Waals surface area contributed by atoms with Gasteiger partial charge >= 0.3 is 0 Å². The SMILES string of the molecule is CCC(C)CC(C)NS(=O)(=O)c1c(N)ccc(C)c1C. The Bertz CT molecular complexity index is 567. The summed E-state index contributed by atoms with van der Waals surface area (Å²) in [4.78, 5) is 0.216. The summed E-state index contributed by atoms with van der Waals surface area (Å²) in [6.07, 6.45) is 1.86. The molecule has 0 bridgehead atoms. The highest BCUT2D eigenvalue weighted by Crippen LogP contribution is 2.25. The second kappa shape index (κ2) is 6.59. The summed E-state index contributed by atoms with van der Waals surface area (Å²) < 4.78 is 27.8. The molecule has 0 aliphatic carbocycles. The van der Waals surface area contributed by atoms with Crippen LogP contribution in [-0.2, 0) is 10.0 Å². The molecule has 0 aromatic heterocycles. The van der Waals surface area contributed by atoms with Crippen LogP contribution in [-0.4, -0.2) is 14.5 Å². The summed E-state index contributed by atoms with van der Waals surface area (Å²) in [6.45, 7) is 9.80. The van der Waals surface area contributed by atoms with Gasteiger partial charge in [0.1, 0.15) is 4.90 Å². The number of hydrogen-bond donors (Lipinski definition) is 2. The number of sulfonamides is 1. The maximum Gasteiger partial charge on any atom is 0.243 e. The zero-order valence-corrected chi connectivity index (χ0v) is 13.8. The van der Waals surface area contributed by atoms with Crippen molar-refractivity contribution in [1.29, 1.82) is 0 Å². The molecule has 1 aromatic carbocycles. The standard InChI is InChI=1S/C15H26N2O2S/c1-6-10(2)9-12(4)17-20(18,19)15-13(5)11(3)7-8-14(15)16/h7-8,10,12,17H,6,9,16H2,1-5H3. The van der Waals surface area contributed by atoms with Crippen LogP contribution in [0.4, 0.5) is 5.69 Å². The van der Waals surface area contributed by atoms with Crippen LogP contribution in [0.3, 0.4) is 0 Å². The van der Waals surface area contributed by atoms with Gasteiger partial charge in [0.25, 0.3) is 0 Å². The molecule has 2 atom stereocenters. The second-order valence-electron chi connectivity index (χ2n) is 5.70. The summed E-state index contributed by atoms with van der Waals surface area (Å²) in [7, 11) is -3.57. The van der Waals surface area contributed by atoms with Gasteiger partial charge in [-0.1, -0.05) is 26.3 Å². The van der Waals surface area contributed by atoms with Crippen molar-refractivity contribution in [3.8, 4) is 0 Å². The first-order valence-corrected chi connectivity index (χ1v) is 8.55. The lowest BCUT2D eigenvalue weighted by Crippen LogP contribution is -2.34. The number of benzene rings is 1. The molecule has 0 amide bonds. The fraction of sp³-hybridized carbons (Fsp3) is 0.600. The van der Waals surface area contributed by atoms with E-state index in [1.54, 1.807) is 13.0 Å². The van der Waals surface area contributed by atoms with Crippen molar-refractivity contribution in [3.63, 3.8) is 0 Å². The average Bonchev–Trinajstić information content (AvgIpc) is 2.32. The van der Waals surface area contributed by atoms with Crippen LogP contribution in [0.15, 0.2) is 17.0 Å². The third kappa shape index (κ3) is 3.96. The van der Waals surface area contributed by atoms with E-state index in [9.17, 15) is 8.42 Å². The van der Waals surface area contributed by atoms with Crippen molar-refractivity contribution in [1.82, 2.24) is 4.72 Å². The molecular formula is C15H26N2O2S. The molecule has 0 heterocycles. The Kier molecular flexibility index (Phi) is 5.59. The maximum absolute atomic E-state index is 12.5. The molecule has 0 spiro atoms. The predicted octanol–water partition coefficient (Wildman–Crippen LogP) is 2.99. The summed E-state index contributed by atoms with van der Waals surface area (Å²) in [5, 5.41) is 0. The third-order valence-corrected chi connectivity index (χ3v) is 5.58. The topological polar surface area (TPSA) is 72.2 Å². The van der Waals surface area contributed by atoms with Gasteiger partial charge in [0.05, 0.1) is 5.69 Å². The number of anilines is 1. The van der Waals surface area contributed by atoms with Crippen LogP contribution in [0.5, 0.6) is 0 Å². The van der Waals surface area contributed by atoms with E-state index in [-0.39, 0.29) is 10.9 Å². The molecule has 20 heavy (non-hydrogen) atoms. The third-order valence-electron chi connectivity index (χ3n) is 3.79. The van der Waals surface area contributed by atoms with E-state index in [2.05, 4.69) is 18.6 Å². The molecule has 0 fully saturated rings. The highest BCUT2D eigenvalue weighted by Gasteiger charge is 2.23. The van der Waals surface area contributed by atoms with Crippen molar-refractivity contribution < 1.29 is 8.42 Å². The maximum atomic E-state index is 12.5. The van der Waals surface area contributed by atoms with Crippen LogP contribution >= 0.6 is 0 Å². The van der Waals surface area contributed by atoms with Crippen LogP contribution in [0.25, 0.3) is 0 Å². The molecule has 0 aliphatic heterocycles. The molecule has 5 heteroatoms. The van der Waals surface area contributed by atoms with Gasteiger partial charge in [-0.2, -0.15) is 0 Å². The second-order valence-corrected chi connectivity index (χ2v) is 7.35. The molecule has 0 saturated carbocycles. The summed E-state index contributed by atoms with van der Waals surface area (Å²) >= 11 is 0. The predicted molar refractivity (Wildman–Crippen MR) is 84.2 cm³/mol. The van der Waals surface area contributed by atoms with E-state index in [1.165, 1.54) is 0 Å². The van der Waals surface area contributed by atoms with Crippen LogP contribution in [0.2, 0.25) is 0 Å². The van der Waals surface area contributed by atoms with Crippen molar-refractivity contribution in [2.45, 2.75) is 58.4 Å². The minimum atomic E-state index is -3.57. The Morgan fingerprint density at radius 3 is 2.40 bits per heavy atom. The average molecular weight is 298 g/mol. The molecule has 0 radical (unpaired) electrons. The first-order valence-electron chi connectivity index (χ1n) is 7.07. The minimum Gasteiger partial charge on any atom is -0.398 e. The number of hydrogen-bond acceptors (Lipinski definition) is 3. The lowest BCUT2D eigenvalue weighted by molar-refractivity contribution is 0.445. The fourth-order valence-corrected chi connectivity index (χ4v) is 4.00. The van der Waals surface area contributed by atoms with Gasteiger partial charge in [0.15, 0.2) is 0 Å². The molecule has 0 aliphatic rings. The van der Waals surface area contributed by atoms with Gasteiger partial charge in [-0.15, -0.1) is 0 Å². The van der Waals surface area contributed by atoms with Crippen LogP contribution in [0.1, 0.15) is 44.7 Å². The van der Waals surface area contributed by atoms with Crippen LogP contribution < -0.4 is 10.5 Å². The minimum absolute atomic E-state index is 0.103. The Morgan fingerprint density at radius 2 is 1.85 bits per heavy atom. The zero-order chi connectivity index (χ0) is 15.5. The molecular weight excluding hydrogens is 272 g/mol. The van der Waals surface area contributed by atoms with E-state index in [4.69, 9.17) is 5.73 Å². The first kappa shape index (κ1) is 17.0.